The summed E-state index contributed by atoms with van der Waals surface area (Å²) in [6, 6.07) is 0. The molecule has 1 heteroatoms. The molecule has 1 aliphatic rings. The first-order chi connectivity index (χ1) is 5.54. The van der Waals surface area contributed by atoms with Crippen LogP contribution in [0.4, 0.5) is 0 Å². The molecule has 1 atom stereocenters. The zero-order valence-electron chi connectivity index (χ0n) is 8.04. The van der Waals surface area contributed by atoms with Crippen LogP contribution < -0.4 is 5.73 Å². The summed E-state index contributed by atoms with van der Waals surface area (Å²) in [5, 5.41) is 0. The SMILES string of the molecule is CC(C)C1(C)C=CC=C(N)C=C1. The molecule has 0 spiro atoms. The van der Waals surface area contributed by atoms with Crippen molar-refractivity contribution in [1.82, 2.24) is 0 Å². The van der Waals surface area contributed by atoms with Gasteiger partial charge in [0.05, 0.1) is 0 Å². The summed E-state index contributed by atoms with van der Waals surface area (Å²) in [6.45, 7) is 6.66. The van der Waals surface area contributed by atoms with E-state index in [-0.39, 0.29) is 5.41 Å². The highest BCUT2D eigenvalue weighted by molar-refractivity contribution is 5.29. The summed E-state index contributed by atoms with van der Waals surface area (Å²) in [5.74, 6) is 0.601. The molecule has 0 aromatic heterocycles. The van der Waals surface area contributed by atoms with Gasteiger partial charge in [0.15, 0.2) is 0 Å². The van der Waals surface area contributed by atoms with E-state index in [9.17, 15) is 0 Å². The van der Waals surface area contributed by atoms with E-state index in [1.807, 2.05) is 18.2 Å². The van der Waals surface area contributed by atoms with Crippen LogP contribution in [0.5, 0.6) is 0 Å². The van der Waals surface area contributed by atoms with Crippen molar-refractivity contribution in [3.05, 3.63) is 36.1 Å². The highest BCUT2D eigenvalue weighted by Gasteiger charge is 2.21. The second kappa shape index (κ2) is 3.18. The van der Waals surface area contributed by atoms with E-state index in [1.165, 1.54) is 0 Å². The van der Waals surface area contributed by atoms with E-state index < -0.39 is 0 Å². The number of rotatable bonds is 1. The molecule has 0 saturated carbocycles. The maximum Gasteiger partial charge on any atom is 0.0310 e. The third-order valence-corrected chi connectivity index (χ3v) is 2.62. The lowest BCUT2D eigenvalue weighted by atomic mass is 9.79. The minimum Gasteiger partial charge on any atom is -0.399 e. The van der Waals surface area contributed by atoms with E-state index in [0.717, 1.165) is 5.70 Å². The Balaban J connectivity index is 2.92. The average molecular weight is 163 g/mol. The van der Waals surface area contributed by atoms with Crippen molar-refractivity contribution < 1.29 is 0 Å². The lowest BCUT2D eigenvalue weighted by Gasteiger charge is -2.26. The maximum absolute atomic E-state index is 5.68. The van der Waals surface area contributed by atoms with Crippen LogP contribution in [0.15, 0.2) is 36.1 Å². The summed E-state index contributed by atoms with van der Waals surface area (Å²) in [7, 11) is 0. The molecule has 0 aromatic rings. The Morgan fingerprint density at radius 2 is 2.00 bits per heavy atom. The molecule has 0 aromatic carbocycles. The number of nitrogens with two attached hydrogens (primary N) is 1. The summed E-state index contributed by atoms with van der Waals surface area (Å²) >= 11 is 0. The van der Waals surface area contributed by atoms with Crippen LogP contribution in [0, 0.1) is 11.3 Å². The molecule has 0 heterocycles. The third kappa shape index (κ3) is 1.79. The topological polar surface area (TPSA) is 26.0 Å². The molecule has 0 fully saturated rings. The van der Waals surface area contributed by atoms with E-state index in [1.54, 1.807) is 0 Å². The number of hydrogen-bond acceptors (Lipinski definition) is 1. The fraction of sp³-hybridized carbons (Fsp3) is 0.455. The lowest BCUT2D eigenvalue weighted by molar-refractivity contribution is 0.383. The van der Waals surface area contributed by atoms with Crippen molar-refractivity contribution in [1.29, 1.82) is 0 Å². The Hall–Kier alpha value is -0.980. The smallest absolute Gasteiger partial charge is 0.0310 e. The Morgan fingerprint density at radius 3 is 2.58 bits per heavy atom. The number of hydrogen-bond donors (Lipinski definition) is 1. The maximum atomic E-state index is 5.68. The first-order valence-corrected chi connectivity index (χ1v) is 4.39. The first-order valence-electron chi connectivity index (χ1n) is 4.39. The van der Waals surface area contributed by atoms with Crippen molar-refractivity contribution >= 4 is 0 Å². The van der Waals surface area contributed by atoms with Gasteiger partial charge in [-0.15, -0.1) is 0 Å². The normalized spacial score (nSPS) is 28.8. The van der Waals surface area contributed by atoms with Crippen molar-refractivity contribution in [3.63, 3.8) is 0 Å². The van der Waals surface area contributed by atoms with Crippen LogP contribution >= 0.6 is 0 Å². The second-order valence-electron chi connectivity index (χ2n) is 3.88. The van der Waals surface area contributed by atoms with Gasteiger partial charge in [-0.2, -0.15) is 0 Å². The number of allylic oxidation sites excluding steroid dienone is 5. The van der Waals surface area contributed by atoms with Crippen LogP contribution in [0.2, 0.25) is 0 Å². The summed E-state index contributed by atoms with van der Waals surface area (Å²) in [5.41, 5.74) is 6.66. The van der Waals surface area contributed by atoms with Gasteiger partial charge in [-0.05, 0) is 18.1 Å². The van der Waals surface area contributed by atoms with Crippen LogP contribution in [-0.4, -0.2) is 0 Å². The molecular formula is C11H17N. The fourth-order valence-corrected chi connectivity index (χ4v) is 1.14. The Bertz CT molecular complexity index is 246. The molecule has 1 nitrogen and oxygen atoms in total. The Labute approximate surface area is 74.7 Å². The molecule has 1 aliphatic carbocycles. The van der Waals surface area contributed by atoms with Gasteiger partial charge in [-0.25, -0.2) is 0 Å². The molecule has 0 radical (unpaired) electrons. The molecule has 0 amide bonds. The summed E-state index contributed by atoms with van der Waals surface area (Å²) < 4.78 is 0. The monoisotopic (exact) mass is 163 g/mol. The highest BCUT2D eigenvalue weighted by atomic mass is 14.6. The lowest BCUT2D eigenvalue weighted by Crippen LogP contribution is -2.17. The van der Waals surface area contributed by atoms with Crippen molar-refractivity contribution in [3.8, 4) is 0 Å². The predicted molar refractivity (Wildman–Crippen MR) is 53.5 cm³/mol. The largest absolute Gasteiger partial charge is 0.399 e. The van der Waals surface area contributed by atoms with Gasteiger partial charge in [0, 0.05) is 11.1 Å². The second-order valence-corrected chi connectivity index (χ2v) is 3.88. The Morgan fingerprint density at radius 1 is 1.33 bits per heavy atom. The van der Waals surface area contributed by atoms with E-state index in [4.69, 9.17) is 5.73 Å². The standard InChI is InChI=1S/C11H17N/c1-9(2)11(3)7-4-5-10(12)6-8-11/h4-9H,12H2,1-3H3. The molecule has 66 valence electrons. The van der Waals surface area contributed by atoms with Gasteiger partial charge in [0.25, 0.3) is 0 Å². The summed E-state index contributed by atoms with van der Waals surface area (Å²) in [4.78, 5) is 0. The quantitative estimate of drug-likeness (QED) is 0.631. The van der Waals surface area contributed by atoms with Gasteiger partial charge in [0.2, 0.25) is 0 Å². The molecule has 2 N–H and O–H groups in total. The van der Waals surface area contributed by atoms with E-state index in [2.05, 4.69) is 32.9 Å². The molecule has 0 saturated heterocycles. The Kier molecular flexibility index (Phi) is 2.41. The minimum atomic E-state index is 0.150. The van der Waals surface area contributed by atoms with Crippen molar-refractivity contribution in [2.75, 3.05) is 0 Å². The van der Waals surface area contributed by atoms with Gasteiger partial charge in [-0.1, -0.05) is 39.0 Å². The average Bonchev–Trinajstić information content (AvgIpc) is 2.15. The zero-order chi connectivity index (χ0) is 9.19. The van der Waals surface area contributed by atoms with Gasteiger partial charge in [0.1, 0.15) is 0 Å². The third-order valence-electron chi connectivity index (χ3n) is 2.62. The highest BCUT2D eigenvalue weighted by Crippen LogP contribution is 2.31. The molecule has 12 heavy (non-hydrogen) atoms. The summed E-state index contributed by atoms with van der Waals surface area (Å²) in [6.07, 6.45) is 10.3. The van der Waals surface area contributed by atoms with E-state index in [0.29, 0.717) is 5.92 Å². The van der Waals surface area contributed by atoms with Crippen LogP contribution in [0.1, 0.15) is 20.8 Å². The molecule has 0 bridgehead atoms. The van der Waals surface area contributed by atoms with Crippen molar-refractivity contribution in [2.45, 2.75) is 20.8 Å². The molecule has 1 rings (SSSR count). The molecular weight excluding hydrogens is 146 g/mol. The fourth-order valence-electron chi connectivity index (χ4n) is 1.14. The zero-order valence-corrected chi connectivity index (χ0v) is 8.04. The van der Waals surface area contributed by atoms with Gasteiger partial charge < -0.3 is 5.73 Å². The first kappa shape index (κ1) is 9.11. The van der Waals surface area contributed by atoms with Crippen LogP contribution in [0.3, 0.4) is 0 Å². The van der Waals surface area contributed by atoms with Gasteiger partial charge in [-0.3, -0.25) is 0 Å². The van der Waals surface area contributed by atoms with Crippen molar-refractivity contribution in [2.24, 2.45) is 17.1 Å². The predicted octanol–water partition coefficient (Wildman–Crippen LogP) is 2.62. The minimum absolute atomic E-state index is 0.150. The molecule has 1 unspecified atom stereocenters. The molecule has 0 aliphatic heterocycles. The van der Waals surface area contributed by atoms with Crippen LogP contribution in [0.25, 0.3) is 0 Å². The van der Waals surface area contributed by atoms with E-state index >= 15 is 0 Å². The van der Waals surface area contributed by atoms with Crippen LogP contribution in [-0.2, 0) is 0 Å². The van der Waals surface area contributed by atoms with Gasteiger partial charge >= 0.3 is 0 Å².